The average molecular weight is 480 g/mol. The molecule has 4 rings (SSSR count). The van der Waals surface area contributed by atoms with Crippen LogP contribution in [0.5, 0.6) is 0 Å². The molecule has 2 amide bonds. The number of nitrogens with one attached hydrogen (secondary N) is 2. The molecule has 1 saturated heterocycles. The fourth-order valence-electron chi connectivity index (χ4n) is 5.22. The third-order valence-corrected chi connectivity index (χ3v) is 8.27. The maximum absolute atomic E-state index is 13.9. The molecule has 0 aromatic heterocycles. The molecule has 1 heterocycles. The van der Waals surface area contributed by atoms with E-state index in [9.17, 15) is 9.59 Å². The van der Waals surface area contributed by atoms with Gasteiger partial charge in [-0.3, -0.25) is 9.59 Å². The Morgan fingerprint density at radius 1 is 0.941 bits per heavy atom. The van der Waals surface area contributed by atoms with Crippen molar-refractivity contribution in [2.45, 2.75) is 79.8 Å². The molecule has 6 heteroatoms. The lowest BCUT2D eigenvalue weighted by Crippen LogP contribution is -2.55. The van der Waals surface area contributed by atoms with Gasteiger partial charge in [0.05, 0.1) is 12.1 Å². The van der Waals surface area contributed by atoms with Crippen LogP contribution in [-0.4, -0.2) is 42.4 Å². The highest BCUT2D eigenvalue weighted by Crippen LogP contribution is 2.37. The molecule has 1 saturated carbocycles. The number of amides is 2. The Hall–Kier alpha value is -2.31. The highest BCUT2D eigenvalue weighted by atomic mass is 32.2. The van der Waals surface area contributed by atoms with Crippen molar-refractivity contribution in [1.82, 2.24) is 15.5 Å². The fourth-order valence-corrected chi connectivity index (χ4v) is 6.13. The van der Waals surface area contributed by atoms with Crippen molar-refractivity contribution in [2.75, 3.05) is 13.6 Å². The van der Waals surface area contributed by atoms with E-state index in [1.807, 2.05) is 17.9 Å². The number of nitrogens with zero attached hydrogens (tertiary/aromatic N) is 1. The minimum absolute atomic E-state index is 0.0635. The molecule has 182 valence electrons. The normalized spacial score (nSPS) is 20.6. The minimum atomic E-state index is -0.439. The Bertz CT molecular complexity index is 961. The topological polar surface area (TPSA) is 61.4 Å². The summed E-state index contributed by atoms with van der Waals surface area (Å²) >= 11 is 1.75. The van der Waals surface area contributed by atoms with Crippen LogP contribution in [0.3, 0.4) is 0 Å². The van der Waals surface area contributed by atoms with Gasteiger partial charge in [-0.25, -0.2) is 0 Å². The Balaban J connectivity index is 1.53. The van der Waals surface area contributed by atoms with E-state index in [-0.39, 0.29) is 29.8 Å². The zero-order valence-corrected chi connectivity index (χ0v) is 21.2. The summed E-state index contributed by atoms with van der Waals surface area (Å²) in [6, 6.07) is 18.3. The Morgan fingerprint density at radius 3 is 2.41 bits per heavy atom. The molecule has 0 spiro atoms. The lowest BCUT2D eigenvalue weighted by molar-refractivity contribution is -0.139. The van der Waals surface area contributed by atoms with E-state index >= 15 is 0 Å². The first-order chi connectivity index (χ1) is 16.6. The van der Waals surface area contributed by atoms with Crippen LogP contribution in [-0.2, 0) is 9.59 Å². The van der Waals surface area contributed by atoms with Crippen molar-refractivity contribution in [3.05, 3.63) is 60.2 Å². The quantitative estimate of drug-likeness (QED) is 0.548. The molecular formula is C28H37N3O2S. The number of hydrogen-bond acceptors (Lipinski definition) is 4. The maximum Gasteiger partial charge on any atom is 0.245 e. The third kappa shape index (κ3) is 6.02. The van der Waals surface area contributed by atoms with Gasteiger partial charge in [0, 0.05) is 16.3 Å². The molecule has 2 N–H and O–H groups in total. The molecule has 0 bridgehead atoms. The van der Waals surface area contributed by atoms with Crippen LogP contribution in [0, 0.1) is 5.92 Å². The van der Waals surface area contributed by atoms with Crippen LogP contribution in [0.4, 0.5) is 0 Å². The molecule has 1 aliphatic heterocycles. The molecule has 5 nitrogen and oxygen atoms in total. The number of likely N-dealkylation sites (N-methyl/N-ethyl adjacent to an activating group) is 1. The van der Waals surface area contributed by atoms with Gasteiger partial charge >= 0.3 is 0 Å². The lowest BCUT2D eigenvalue weighted by Gasteiger charge is -2.35. The monoisotopic (exact) mass is 479 g/mol. The predicted molar refractivity (Wildman–Crippen MR) is 138 cm³/mol. The second-order valence-electron chi connectivity index (χ2n) is 9.57. The standard InChI is InChI=1S/C28H37N3O2S/c1-20(29-2)27(32)30-26(21-11-5-3-6-12-21)28(33)31-18-10-17-25(31)22-13-9-16-24(19-22)34-23-14-7-4-8-15-23/h4,7-9,13-16,19-21,25-26,29H,3,5-6,10-12,17-18H2,1-2H3,(H,30,32)/t20-,25-,26-/m0/s1. The Kier molecular flexibility index (Phi) is 8.68. The first kappa shape index (κ1) is 24.8. The zero-order valence-electron chi connectivity index (χ0n) is 20.3. The highest BCUT2D eigenvalue weighted by molar-refractivity contribution is 7.99. The summed E-state index contributed by atoms with van der Waals surface area (Å²) in [5.74, 6) is 0.214. The van der Waals surface area contributed by atoms with E-state index in [0.717, 1.165) is 45.1 Å². The Morgan fingerprint density at radius 2 is 1.68 bits per heavy atom. The molecule has 0 radical (unpaired) electrons. The largest absolute Gasteiger partial charge is 0.343 e. The summed E-state index contributed by atoms with van der Waals surface area (Å²) in [6.07, 6.45) is 7.45. The molecule has 0 unspecified atom stereocenters. The van der Waals surface area contributed by atoms with E-state index in [2.05, 4.69) is 59.2 Å². The summed E-state index contributed by atoms with van der Waals surface area (Å²) in [5, 5.41) is 6.14. The van der Waals surface area contributed by atoms with Crippen LogP contribution in [0.25, 0.3) is 0 Å². The van der Waals surface area contributed by atoms with Crippen LogP contribution >= 0.6 is 11.8 Å². The van der Waals surface area contributed by atoms with Gasteiger partial charge in [0.15, 0.2) is 0 Å². The predicted octanol–water partition coefficient (Wildman–Crippen LogP) is 5.17. The minimum Gasteiger partial charge on any atom is -0.343 e. The van der Waals surface area contributed by atoms with E-state index in [0.29, 0.717) is 0 Å². The number of hydrogen-bond donors (Lipinski definition) is 2. The molecule has 2 aromatic carbocycles. The first-order valence-corrected chi connectivity index (χ1v) is 13.5. The summed E-state index contributed by atoms with van der Waals surface area (Å²) in [5.41, 5.74) is 1.18. The number of likely N-dealkylation sites (tertiary alicyclic amines) is 1. The number of carbonyl (C=O) groups excluding carboxylic acids is 2. The van der Waals surface area contributed by atoms with Crippen molar-refractivity contribution >= 4 is 23.6 Å². The molecule has 34 heavy (non-hydrogen) atoms. The van der Waals surface area contributed by atoms with Crippen molar-refractivity contribution in [1.29, 1.82) is 0 Å². The van der Waals surface area contributed by atoms with Gasteiger partial charge in [-0.15, -0.1) is 0 Å². The molecule has 1 aliphatic carbocycles. The number of carbonyl (C=O) groups is 2. The second kappa shape index (κ2) is 11.9. The van der Waals surface area contributed by atoms with Crippen LogP contribution in [0.1, 0.15) is 63.5 Å². The van der Waals surface area contributed by atoms with Crippen LogP contribution in [0.2, 0.25) is 0 Å². The van der Waals surface area contributed by atoms with E-state index in [1.165, 1.54) is 21.8 Å². The smallest absolute Gasteiger partial charge is 0.245 e. The van der Waals surface area contributed by atoms with Crippen molar-refractivity contribution in [3.63, 3.8) is 0 Å². The van der Waals surface area contributed by atoms with Gasteiger partial charge in [0.25, 0.3) is 0 Å². The second-order valence-corrected chi connectivity index (χ2v) is 10.7. The van der Waals surface area contributed by atoms with Crippen LogP contribution < -0.4 is 10.6 Å². The molecule has 2 aliphatic rings. The van der Waals surface area contributed by atoms with Gasteiger partial charge in [-0.1, -0.05) is 61.4 Å². The Labute approximate surface area is 208 Å². The summed E-state index contributed by atoms with van der Waals surface area (Å²) < 4.78 is 0. The molecular weight excluding hydrogens is 442 g/mol. The van der Waals surface area contributed by atoms with Crippen molar-refractivity contribution in [2.24, 2.45) is 5.92 Å². The van der Waals surface area contributed by atoms with Gasteiger partial charge in [-0.2, -0.15) is 0 Å². The van der Waals surface area contributed by atoms with Gasteiger partial charge < -0.3 is 15.5 Å². The van der Waals surface area contributed by atoms with E-state index < -0.39 is 6.04 Å². The van der Waals surface area contributed by atoms with Crippen molar-refractivity contribution < 1.29 is 9.59 Å². The molecule has 3 atom stereocenters. The number of rotatable bonds is 8. The zero-order chi connectivity index (χ0) is 23.9. The summed E-state index contributed by atoms with van der Waals surface area (Å²) in [7, 11) is 1.78. The summed E-state index contributed by atoms with van der Waals surface area (Å²) in [4.78, 5) is 31.1. The highest BCUT2D eigenvalue weighted by Gasteiger charge is 2.39. The van der Waals surface area contributed by atoms with Gasteiger partial charge in [0.2, 0.25) is 11.8 Å². The van der Waals surface area contributed by atoms with Crippen LogP contribution in [0.15, 0.2) is 64.4 Å². The van der Waals surface area contributed by atoms with E-state index in [4.69, 9.17) is 0 Å². The molecule has 2 aromatic rings. The third-order valence-electron chi connectivity index (χ3n) is 7.27. The first-order valence-electron chi connectivity index (χ1n) is 12.7. The fraction of sp³-hybridized carbons (Fsp3) is 0.500. The van der Waals surface area contributed by atoms with Gasteiger partial charge in [-0.05, 0) is 75.4 Å². The average Bonchev–Trinajstić information content (AvgIpc) is 3.38. The molecule has 2 fully saturated rings. The number of benzene rings is 2. The SMILES string of the molecule is CN[C@@H](C)C(=O)N[C@H](C(=O)N1CCC[C@H]1c1cccc(Sc2ccccc2)c1)C1CCCCC1. The maximum atomic E-state index is 13.9. The summed E-state index contributed by atoms with van der Waals surface area (Å²) in [6.45, 7) is 2.59. The van der Waals surface area contributed by atoms with Crippen molar-refractivity contribution in [3.8, 4) is 0 Å². The lowest BCUT2D eigenvalue weighted by atomic mass is 9.83. The van der Waals surface area contributed by atoms with Gasteiger partial charge in [0.1, 0.15) is 6.04 Å². The van der Waals surface area contributed by atoms with E-state index in [1.54, 1.807) is 18.8 Å².